The molecule has 0 amide bonds. The Kier molecular flexibility index (Phi) is 10.1. The molecule has 2 heteroatoms. The zero-order chi connectivity index (χ0) is 12.2. The van der Waals surface area contributed by atoms with Crippen LogP contribution in [0.3, 0.4) is 0 Å². The molecular weight excluding hydrogens is 198 g/mol. The van der Waals surface area contributed by atoms with Crippen LogP contribution in [0.25, 0.3) is 0 Å². The number of Topliss-reactive ketones (excluding diaryl/α,β-unsaturated/α-hetero) is 1. The van der Waals surface area contributed by atoms with E-state index in [2.05, 4.69) is 13.0 Å². The molecule has 0 heterocycles. The molecule has 0 saturated carbocycles. The molecule has 0 aromatic rings. The van der Waals surface area contributed by atoms with E-state index in [1.54, 1.807) is 0 Å². The maximum absolute atomic E-state index is 11.6. The number of nitrogens with zero attached hydrogens (tertiary/aromatic N) is 1. The minimum Gasteiger partial charge on any atom is -0.298 e. The summed E-state index contributed by atoms with van der Waals surface area (Å²) in [5.74, 6) is -0.194. The summed E-state index contributed by atoms with van der Waals surface area (Å²) in [4.78, 5) is 11.6. The topological polar surface area (TPSA) is 40.9 Å². The van der Waals surface area contributed by atoms with E-state index in [4.69, 9.17) is 5.26 Å². The van der Waals surface area contributed by atoms with Crippen molar-refractivity contribution in [1.82, 2.24) is 0 Å². The normalized spacial score (nSPS) is 12.1. The molecule has 2 nitrogen and oxygen atoms in total. The summed E-state index contributed by atoms with van der Waals surface area (Å²) in [5, 5.41) is 8.83. The molecule has 0 radical (unpaired) electrons. The number of carbonyl (C=O) groups is 1. The first-order chi connectivity index (χ1) is 7.76. The lowest BCUT2D eigenvalue weighted by Gasteiger charge is -2.06. The van der Waals surface area contributed by atoms with Gasteiger partial charge in [-0.1, -0.05) is 52.4 Å². The lowest BCUT2D eigenvalue weighted by molar-refractivity contribution is -0.121. The van der Waals surface area contributed by atoms with Crippen LogP contribution in [-0.2, 0) is 4.79 Å². The molecular formula is C14H25NO. The molecule has 0 rings (SSSR count). The van der Waals surface area contributed by atoms with Crippen molar-refractivity contribution >= 4 is 5.78 Å². The first-order valence-electron chi connectivity index (χ1n) is 6.68. The number of hydrogen-bond donors (Lipinski definition) is 0. The molecule has 0 bridgehead atoms. The van der Waals surface area contributed by atoms with Crippen LogP contribution in [-0.4, -0.2) is 5.78 Å². The van der Waals surface area contributed by atoms with E-state index in [1.807, 2.05) is 6.92 Å². The molecule has 0 saturated heterocycles. The van der Waals surface area contributed by atoms with Gasteiger partial charge in [0, 0.05) is 6.42 Å². The van der Waals surface area contributed by atoms with E-state index < -0.39 is 0 Å². The van der Waals surface area contributed by atoms with Gasteiger partial charge in [0.25, 0.3) is 0 Å². The van der Waals surface area contributed by atoms with E-state index in [-0.39, 0.29) is 11.7 Å². The van der Waals surface area contributed by atoms with Crippen LogP contribution in [0.15, 0.2) is 0 Å². The van der Waals surface area contributed by atoms with E-state index in [0.717, 1.165) is 25.7 Å². The molecule has 0 aliphatic carbocycles. The van der Waals surface area contributed by atoms with Crippen molar-refractivity contribution in [2.24, 2.45) is 5.92 Å². The summed E-state index contributed by atoms with van der Waals surface area (Å²) >= 11 is 0. The Balaban J connectivity index is 3.53. The van der Waals surface area contributed by atoms with Crippen LogP contribution in [0.4, 0.5) is 0 Å². The van der Waals surface area contributed by atoms with E-state index in [0.29, 0.717) is 6.42 Å². The molecule has 0 aliphatic heterocycles. The molecule has 92 valence electrons. The van der Waals surface area contributed by atoms with Crippen molar-refractivity contribution < 1.29 is 4.79 Å². The second-order valence-electron chi connectivity index (χ2n) is 4.45. The molecule has 0 fully saturated rings. The largest absolute Gasteiger partial charge is 0.298 e. The van der Waals surface area contributed by atoms with Gasteiger partial charge in [-0.25, -0.2) is 0 Å². The number of unbranched alkanes of at least 4 members (excludes halogenated alkanes) is 5. The lowest BCUT2D eigenvalue weighted by atomic mass is 9.96. The fraction of sp³-hybridized carbons (Fsp3) is 0.857. The minimum absolute atomic E-state index is 0.153. The van der Waals surface area contributed by atoms with Gasteiger partial charge in [0.1, 0.15) is 11.7 Å². The maximum Gasteiger partial charge on any atom is 0.149 e. The van der Waals surface area contributed by atoms with Crippen LogP contribution < -0.4 is 0 Å². The van der Waals surface area contributed by atoms with Crippen LogP contribution in [0, 0.1) is 17.2 Å². The molecule has 0 aromatic carbocycles. The van der Waals surface area contributed by atoms with Crippen molar-refractivity contribution in [2.75, 3.05) is 0 Å². The first-order valence-corrected chi connectivity index (χ1v) is 6.68. The molecule has 0 aromatic heterocycles. The fourth-order valence-electron chi connectivity index (χ4n) is 1.84. The third-order valence-electron chi connectivity index (χ3n) is 2.90. The zero-order valence-corrected chi connectivity index (χ0v) is 10.8. The Labute approximate surface area is 100 Å². The summed E-state index contributed by atoms with van der Waals surface area (Å²) in [6, 6.07) is 2.11. The Morgan fingerprint density at radius 1 is 1.06 bits per heavy atom. The quantitative estimate of drug-likeness (QED) is 0.519. The van der Waals surface area contributed by atoms with Crippen molar-refractivity contribution in [1.29, 1.82) is 5.26 Å². The van der Waals surface area contributed by atoms with Gasteiger partial charge in [-0.05, 0) is 12.8 Å². The molecule has 16 heavy (non-hydrogen) atoms. The summed E-state index contributed by atoms with van der Waals surface area (Å²) in [6.07, 6.45) is 9.40. The molecule has 0 aliphatic rings. The summed E-state index contributed by atoms with van der Waals surface area (Å²) in [5.41, 5.74) is 0. The van der Waals surface area contributed by atoms with Crippen LogP contribution >= 0.6 is 0 Å². The Morgan fingerprint density at radius 2 is 1.69 bits per heavy atom. The number of ketones is 1. The second-order valence-corrected chi connectivity index (χ2v) is 4.45. The second kappa shape index (κ2) is 10.7. The SMILES string of the molecule is CCCCCCCCC(=O)C(C#N)CCC. The van der Waals surface area contributed by atoms with E-state index in [1.165, 1.54) is 25.7 Å². The van der Waals surface area contributed by atoms with Gasteiger partial charge in [0.2, 0.25) is 0 Å². The molecule has 0 spiro atoms. The average molecular weight is 223 g/mol. The number of rotatable bonds is 10. The Hall–Kier alpha value is -0.840. The van der Waals surface area contributed by atoms with Crippen molar-refractivity contribution in [3.05, 3.63) is 0 Å². The van der Waals surface area contributed by atoms with Crippen LogP contribution in [0.1, 0.15) is 71.6 Å². The minimum atomic E-state index is -0.347. The summed E-state index contributed by atoms with van der Waals surface area (Å²) in [7, 11) is 0. The highest BCUT2D eigenvalue weighted by molar-refractivity contribution is 5.83. The lowest BCUT2D eigenvalue weighted by Crippen LogP contribution is -2.11. The highest BCUT2D eigenvalue weighted by atomic mass is 16.1. The van der Waals surface area contributed by atoms with Gasteiger partial charge in [0.05, 0.1) is 6.07 Å². The fourth-order valence-corrected chi connectivity index (χ4v) is 1.84. The highest BCUT2D eigenvalue weighted by Crippen LogP contribution is 2.13. The predicted molar refractivity (Wildman–Crippen MR) is 67.0 cm³/mol. The first kappa shape index (κ1) is 15.2. The summed E-state index contributed by atoms with van der Waals surface area (Å²) < 4.78 is 0. The Bertz CT molecular complexity index is 217. The predicted octanol–water partition coefficient (Wildman–Crippen LogP) is 4.25. The number of nitriles is 1. The van der Waals surface area contributed by atoms with Gasteiger partial charge in [0.15, 0.2) is 0 Å². The third-order valence-corrected chi connectivity index (χ3v) is 2.90. The monoisotopic (exact) mass is 223 g/mol. The van der Waals surface area contributed by atoms with Crippen molar-refractivity contribution in [3.63, 3.8) is 0 Å². The molecule has 0 N–H and O–H groups in total. The molecule has 1 atom stereocenters. The third kappa shape index (κ3) is 7.45. The van der Waals surface area contributed by atoms with Gasteiger partial charge in [-0.15, -0.1) is 0 Å². The number of carbonyl (C=O) groups excluding carboxylic acids is 1. The average Bonchev–Trinajstić information content (AvgIpc) is 2.30. The zero-order valence-electron chi connectivity index (χ0n) is 10.8. The highest BCUT2D eigenvalue weighted by Gasteiger charge is 2.15. The van der Waals surface area contributed by atoms with Gasteiger partial charge in [-0.2, -0.15) is 5.26 Å². The van der Waals surface area contributed by atoms with Crippen LogP contribution in [0.2, 0.25) is 0 Å². The van der Waals surface area contributed by atoms with E-state index in [9.17, 15) is 4.79 Å². The smallest absolute Gasteiger partial charge is 0.149 e. The van der Waals surface area contributed by atoms with Crippen molar-refractivity contribution in [2.45, 2.75) is 71.6 Å². The van der Waals surface area contributed by atoms with Crippen molar-refractivity contribution in [3.8, 4) is 6.07 Å². The van der Waals surface area contributed by atoms with Gasteiger partial charge in [-0.3, -0.25) is 4.79 Å². The molecule has 1 unspecified atom stereocenters. The van der Waals surface area contributed by atoms with Crippen LogP contribution in [0.5, 0.6) is 0 Å². The van der Waals surface area contributed by atoms with E-state index >= 15 is 0 Å². The Morgan fingerprint density at radius 3 is 2.25 bits per heavy atom. The van der Waals surface area contributed by atoms with Gasteiger partial charge >= 0.3 is 0 Å². The standard InChI is InChI=1S/C14H25NO/c1-3-5-6-7-8-9-11-14(16)13(12-15)10-4-2/h13H,3-11H2,1-2H3. The number of hydrogen-bond acceptors (Lipinski definition) is 2. The van der Waals surface area contributed by atoms with Gasteiger partial charge < -0.3 is 0 Å². The summed E-state index contributed by atoms with van der Waals surface area (Å²) in [6.45, 7) is 4.22. The maximum atomic E-state index is 11.6.